The van der Waals surface area contributed by atoms with Gasteiger partial charge in [-0.1, -0.05) is 77.7 Å². The van der Waals surface area contributed by atoms with Gasteiger partial charge in [0.1, 0.15) is 0 Å². The molecular formula is C26H48KNO2. The van der Waals surface area contributed by atoms with E-state index in [0.717, 1.165) is 38.8 Å². The summed E-state index contributed by atoms with van der Waals surface area (Å²) in [5.41, 5.74) is 0. The molecule has 0 aliphatic carbocycles. The molecule has 0 amide bonds. The molecular weight excluding hydrogens is 397 g/mol. The number of carboxylic acid groups (broad SMARTS) is 1. The Morgan fingerprint density at radius 2 is 1.20 bits per heavy atom. The summed E-state index contributed by atoms with van der Waals surface area (Å²) >= 11 is 0. The number of allylic oxidation sites excluding steroid dienone is 4. The van der Waals surface area contributed by atoms with E-state index in [1.807, 2.05) is 0 Å². The minimum atomic E-state index is -0.941. The van der Waals surface area contributed by atoms with Crippen molar-refractivity contribution in [2.45, 2.75) is 105 Å². The Bertz CT molecular complexity index is 405. The Kier molecular flexibility index (Phi) is 26.4. The zero-order valence-corrected chi connectivity index (χ0v) is 24.0. The Balaban J connectivity index is 0. The van der Waals surface area contributed by atoms with Crippen molar-refractivity contribution < 1.29 is 61.3 Å². The zero-order chi connectivity index (χ0) is 21.7. The average molecular weight is 446 g/mol. The fourth-order valence-corrected chi connectivity index (χ4v) is 3.92. The van der Waals surface area contributed by atoms with Crippen LogP contribution in [0.15, 0.2) is 24.3 Å². The molecule has 0 aliphatic heterocycles. The molecule has 0 aromatic carbocycles. The van der Waals surface area contributed by atoms with Gasteiger partial charge < -0.3 is 9.90 Å². The first-order chi connectivity index (χ1) is 14.1. The van der Waals surface area contributed by atoms with Gasteiger partial charge in [0.05, 0.1) is 5.97 Å². The molecule has 4 heteroatoms. The molecule has 170 valence electrons. The molecule has 0 N–H and O–H groups in total. The van der Waals surface area contributed by atoms with Crippen molar-refractivity contribution in [2.75, 3.05) is 19.6 Å². The van der Waals surface area contributed by atoms with Crippen LogP contribution in [0.4, 0.5) is 0 Å². The maximum atomic E-state index is 11.3. The Hall–Kier alpha value is 0.546. The van der Waals surface area contributed by atoms with Crippen LogP contribution in [0.2, 0.25) is 0 Å². The Morgan fingerprint density at radius 3 is 1.53 bits per heavy atom. The van der Waals surface area contributed by atoms with Crippen molar-refractivity contribution in [2.24, 2.45) is 11.8 Å². The summed E-state index contributed by atoms with van der Waals surface area (Å²) in [6.45, 7) is 10.7. The zero-order valence-electron chi connectivity index (χ0n) is 20.8. The van der Waals surface area contributed by atoms with Crippen LogP contribution in [-0.2, 0) is 4.79 Å². The molecule has 0 spiro atoms. The summed E-state index contributed by atoms with van der Waals surface area (Å²) in [5.74, 6) is 0.228. The number of carbonyl (C=O) groups is 1. The van der Waals surface area contributed by atoms with Crippen LogP contribution in [0.1, 0.15) is 105 Å². The topological polar surface area (TPSA) is 43.4 Å². The number of carbonyl (C=O) groups excluding carboxylic acids is 1. The van der Waals surface area contributed by atoms with Gasteiger partial charge in [0, 0.05) is 19.6 Å². The van der Waals surface area contributed by atoms with Crippen LogP contribution in [0, 0.1) is 11.8 Å². The van der Waals surface area contributed by atoms with Gasteiger partial charge in [-0.3, -0.25) is 4.90 Å². The van der Waals surface area contributed by atoms with Crippen LogP contribution in [0.5, 0.6) is 0 Å². The van der Waals surface area contributed by atoms with Gasteiger partial charge in [-0.15, -0.1) is 0 Å². The summed E-state index contributed by atoms with van der Waals surface area (Å²) < 4.78 is 0. The molecule has 0 aromatic heterocycles. The largest absolute Gasteiger partial charge is 1.00 e. The van der Waals surface area contributed by atoms with Crippen molar-refractivity contribution in [3.05, 3.63) is 24.3 Å². The van der Waals surface area contributed by atoms with Crippen molar-refractivity contribution in [1.29, 1.82) is 0 Å². The van der Waals surface area contributed by atoms with Crippen molar-refractivity contribution in [3.63, 3.8) is 0 Å². The summed E-state index contributed by atoms with van der Waals surface area (Å²) in [5, 5.41) is 11.3. The normalized spacial score (nSPS) is 13.8. The van der Waals surface area contributed by atoms with E-state index in [1.165, 1.54) is 51.4 Å². The first-order valence-electron chi connectivity index (χ1n) is 12.3. The van der Waals surface area contributed by atoms with E-state index < -0.39 is 5.97 Å². The number of rotatable bonds is 20. The summed E-state index contributed by atoms with van der Waals surface area (Å²) in [4.78, 5) is 13.5. The fraction of sp³-hybridized carbons (Fsp3) is 0.808. The van der Waals surface area contributed by atoms with Gasteiger partial charge in [-0.25, -0.2) is 0 Å². The second kappa shape index (κ2) is 24.2. The summed E-state index contributed by atoms with van der Waals surface area (Å²) in [7, 11) is 0. The molecule has 30 heavy (non-hydrogen) atoms. The van der Waals surface area contributed by atoms with Gasteiger partial charge in [-0.2, -0.15) is 0 Å². The van der Waals surface area contributed by atoms with E-state index in [2.05, 4.69) is 56.9 Å². The molecule has 0 fully saturated rings. The van der Waals surface area contributed by atoms with Gasteiger partial charge in [0.2, 0.25) is 0 Å². The monoisotopic (exact) mass is 445 g/mol. The van der Waals surface area contributed by atoms with E-state index >= 15 is 0 Å². The van der Waals surface area contributed by atoms with E-state index in [1.54, 1.807) is 0 Å². The summed E-state index contributed by atoms with van der Waals surface area (Å²) in [6, 6.07) is 0. The third-order valence-corrected chi connectivity index (χ3v) is 5.81. The maximum Gasteiger partial charge on any atom is 1.00 e. The minimum absolute atomic E-state index is 0. The predicted octanol–water partition coefficient (Wildman–Crippen LogP) is 3.15. The number of unbranched alkanes of at least 4 members (excludes halogenated alkanes) is 4. The standard InChI is InChI=1S/C26H49NO2.K/c1-5-9-11-13-15-17-19-24(7-3)21-27(23-26(28)29)22-25(8-4)20-18-16-14-12-10-6-2;/h9-12,24-25H,5-8,13-23H2,1-4H3,(H,28,29);/q;+1/p-1/b11-9+,12-10+;. The maximum absolute atomic E-state index is 11.3. The molecule has 2 unspecified atom stereocenters. The predicted molar refractivity (Wildman–Crippen MR) is 125 cm³/mol. The molecule has 3 nitrogen and oxygen atoms in total. The molecule has 0 rings (SSSR count). The van der Waals surface area contributed by atoms with E-state index in [-0.39, 0.29) is 57.9 Å². The molecule has 0 heterocycles. The van der Waals surface area contributed by atoms with E-state index in [4.69, 9.17) is 0 Å². The van der Waals surface area contributed by atoms with Gasteiger partial charge in [-0.05, 0) is 63.2 Å². The van der Waals surface area contributed by atoms with Gasteiger partial charge in [0.15, 0.2) is 0 Å². The smallest absolute Gasteiger partial charge is 0.549 e. The van der Waals surface area contributed by atoms with Crippen molar-refractivity contribution in [3.8, 4) is 0 Å². The van der Waals surface area contributed by atoms with Gasteiger partial charge >= 0.3 is 51.4 Å². The number of aliphatic carboxylic acids is 1. The average Bonchev–Trinajstić information content (AvgIpc) is 2.70. The first-order valence-corrected chi connectivity index (χ1v) is 12.3. The summed E-state index contributed by atoms with van der Waals surface area (Å²) in [6.07, 6.45) is 23.2. The Labute approximate surface area is 230 Å². The first kappa shape index (κ1) is 32.7. The minimum Gasteiger partial charge on any atom is -0.549 e. The molecule has 0 saturated carbocycles. The van der Waals surface area contributed by atoms with Crippen LogP contribution in [-0.4, -0.2) is 30.5 Å². The van der Waals surface area contributed by atoms with E-state index in [9.17, 15) is 9.90 Å². The molecule has 0 aromatic rings. The Morgan fingerprint density at radius 1 is 0.767 bits per heavy atom. The van der Waals surface area contributed by atoms with Crippen LogP contribution in [0.3, 0.4) is 0 Å². The molecule has 0 aliphatic rings. The van der Waals surface area contributed by atoms with Crippen molar-refractivity contribution in [1.82, 2.24) is 4.90 Å². The number of hydrogen-bond acceptors (Lipinski definition) is 3. The number of nitrogens with zero attached hydrogens (tertiary/aromatic N) is 1. The SMILES string of the molecule is CC/C=C/CCCCC(CC)CN(CC(=O)[O-])CC(CC)CCCC/C=C/CC.[K+]. The second-order valence-corrected chi connectivity index (χ2v) is 8.44. The number of carboxylic acids is 1. The molecule has 0 saturated heterocycles. The molecule has 0 radical (unpaired) electrons. The number of hydrogen-bond donors (Lipinski definition) is 0. The quantitative estimate of drug-likeness (QED) is 0.164. The van der Waals surface area contributed by atoms with Gasteiger partial charge in [0.25, 0.3) is 0 Å². The third kappa shape index (κ3) is 20.4. The third-order valence-electron chi connectivity index (χ3n) is 5.81. The molecule has 0 bridgehead atoms. The van der Waals surface area contributed by atoms with E-state index in [0.29, 0.717) is 11.8 Å². The van der Waals surface area contributed by atoms with Crippen LogP contribution < -0.4 is 56.5 Å². The van der Waals surface area contributed by atoms with Crippen LogP contribution in [0.25, 0.3) is 0 Å². The van der Waals surface area contributed by atoms with Crippen molar-refractivity contribution >= 4 is 5.97 Å². The fourth-order valence-electron chi connectivity index (χ4n) is 3.92. The van der Waals surface area contributed by atoms with Crippen LogP contribution >= 0.6 is 0 Å². The second-order valence-electron chi connectivity index (χ2n) is 8.44. The molecule has 2 atom stereocenters.